The molecule has 0 saturated heterocycles. The van der Waals surface area contributed by atoms with Gasteiger partial charge in [0.1, 0.15) is 0 Å². The Morgan fingerprint density at radius 2 is 0.852 bits per heavy atom. The first kappa shape index (κ1) is 18.6. The fraction of sp³-hybridized carbons (Fsp3) is 0.0769. The van der Waals surface area contributed by atoms with Crippen molar-refractivity contribution in [3.63, 3.8) is 0 Å². The van der Waals surface area contributed by atoms with Crippen LogP contribution in [0.5, 0.6) is 0 Å². The minimum absolute atomic E-state index is 0. The first-order valence-electron chi connectivity index (χ1n) is 9.05. The Morgan fingerprint density at radius 1 is 0.407 bits per heavy atom. The summed E-state index contributed by atoms with van der Waals surface area (Å²) in [6.45, 7) is 4.26. The van der Waals surface area contributed by atoms with E-state index in [0.717, 1.165) is 0 Å². The Balaban J connectivity index is 0.00000210. The summed E-state index contributed by atoms with van der Waals surface area (Å²) >= 11 is 0. The fourth-order valence-electron chi connectivity index (χ4n) is 3.42. The smallest absolute Gasteiger partial charge is 0.00268 e. The van der Waals surface area contributed by atoms with Gasteiger partial charge in [-0.3, -0.25) is 0 Å². The third-order valence-electron chi connectivity index (χ3n) is 4.85. The number of hydrogen-bond acceptors (Lipinski definition) is 1. The van der Waals surface area contributed by atoms with Crippen LogP contribution in [0, 0.1) is 13.8 Å². The summed E-state index contributed by atoms with van der Waals surface area (Å²) in [6, 6.07) is 34.9. The van der Waals surface area contributed by atoms with E-state index in [9.17, 15) is 0 Å². The molecule has 27 heavy (non-hydrogen) atoms. The lowest BCUT2D eigenvalue weighted by atomic mass is 9.87. The van der Waals surface area contributed by atoms with Gasteiger partial charge in [0.25, 0.3) is 0 Å². The molecule has 0 aromatic heterocycles. The van der Waals surface area contributed by atoms with Crippen LogP contribution in [0.15, 0.2) is 97.1 Å². The van der Waals surface area contributed by atoms with Crippen LogP contribution in [0.1, 0.15) is 11.1 Å². The Hall–Kier alpha value is -3.16. The van der Waals surface area contributed by atoms with Crippen molar-refractivity contribution >= 4 is 0 Å². The van der Waals surface area contributed by atoms with Crippen LogP contribution < -0.4 is 6.15 Å². The van der Waals surface area contributed by atoms with Crippen molar-refractivity contribution < 1.29 is 0 Å². The predicted molar refractivity (Wildman–Crippen MR) is 117 cm³/mol. The highest BCUT2D eigenvalue weighted by Crippen LogP contribution is 2.40. The molecule has 1 nitrogen and oxygen atoms in total. The van der Waals surface area contributed by atoms with Crippen LogP contribution in [-0.4, -0.2) is 0 Å². The van der Waals surface area contributed by atoms with Gasteiger partial charge in [0, 0.05) is 0 Å². The van der Waals surface area contributed by atoms with E-state index in [1.54, 1.807) is 0 Å². The fourth-order valence-corrected chi connectivity index (χ4v) is 3.42. The molecule has 0 aliphatic carbocycles. The van der Waals surface area contributed by atoms with Crippen molar-refractivity contribution in [2.24, 2.45) is 0 Å². The van der Waals surface area contributed by atoms with Crippen molar-refractivity contribution in [2.75, 3.05) is 0 Å². The van der Waals surface area contributed by atoms with Gasteiger partial charge in [0.15, 0.2) is 0 Å². The minimum atomic E-state index is 0. The number of benzene rings is 4. The molecule has 0 atom stereocenters. The average Bonchev–Trinajstić information content (AvgIpc) is 2.69. The number of rotatable bonds is 3. The van der Waals surface area contributed by atoms with Crippen LogP contribution in [0.2, 0.25) is 0 Å². The van der Waals surface area contributed by atoms with E-state index in [0.29, 0.717) is 0 Å². The highest BCUT2D eigenvalue weighted by Gasteiger charge is 2.13. The second-order valence-electron chi connectivity index (χ2n) is 6.83. The maximum atomic E-state index is 2.23. The minimum Gasteiger partial charge on any atom is -0.344 e. The molecule has 0 unspecified atom stereocenters. The summed E-state index contributed by atoms with van der Waals surface area (Å²) < 4.78 is 0. The molecule has 4 rings (SSSR count). The Labute approximate surface area is 161 Å². The molecule has 0 aliphatic heterocycles. The number of aryl methyl sites for hydroxylation is 2. The van der Waals surface area contributed by atoms with Gasteiger partial charge in [-0.2, -0.15) is 0 Å². The monoisotopic (exact) mass is 351 g/mol. The number of hydrogen-bond donors (Lipinski definition) is 1. The second-order valence-corrected chi connectivity index (χ2v) is 6.83. The maximum Gasteiger partial charge on any atom is -0.00268 e. The molecule has 0 heterocycles. The molecule has 0 amide bonds. The molecular weight excluding hydrogens is 326 g/mol. The Morgan fingerprint density at radius 3 is 1.37 bits per heavy atom. The zero-order valence-electron chi connectivity index (χ0n) is 15.9. The normalized spacial score (nSPS) is 10.3. The van der Waals surface area contributed by atoms with Crippen molar-refractivity contribution in [2.45, 2.75) is 13.8 Å². The van der Waals surface area contributed by atoms with Gasteiger partial charge in [-0.15, -0.1) is 0 Å². The van der Waals surface area contributed by atoms with E-state index >= 15 is 0 Å². The van der Waals surface area contributed by atoms with Gasteiger partial charge in [0.2, 0.25) is 0 Å². The standard InChI is InChI=1S/C26H22.H3N/c1-19-11-15-22(16-12-19)25-10-6-9-24(21-7-4-3-5-8-21)26(25)23-17-13-20(2)14-18-23;/h3-18H,1-2H3;1H3. The Kier molecular flexibility index (Phi) is 5.54. The molecule has 134 valence electrons. The van der Waals surface area contributed by atoms with Gasteiger partial charge in [0.05, 0.1) is 0 Å². The van der Waals surface area contributed by atoms with Gasteiger partial charge >= 0.3 is 0 Å². The molecule has 0 bridgehead atoms. The van der Waals surface area contributed by atoms with Gasteiger partial charge in [-0.25, -0.2) is 0 Å². The van der Waals surface area contributed by atoms with Gasteiger partial charge in [-0.05, 0) is 47.2 Å². The lowest BCUT2D eigenvalue weighted by Gasteiger charge is -2.16. The highest BCUT2D eigenvalue weighted by molar-refractivity contribution is 5.94. The first-order chi connectivity index (χ1) is 12.7. The summed E-state index contributed by atoms with van der Waals surface area (Å²) in [5, 5.41) is 0. The zero-order valence-corrected chi connectivity index (χ0v) is 15.9. The molecule has 0 fully saturated rings. The predicted octanol–water partition coefficient (Wildman–Crippen LogP) is 7.47. The molecule has 0 spiro atoms. The summed E-state index contributed by atoms with van der Waals surface area (Å²) in [6.07, 6.45) is 0. The summed E-state index contributed by atoms with van der Waals surface area (Å²) in [5.74, 6) is 0. The van der Waals surface area contributed by atoms with Crippen molar-refractivity contribution in [1.29, 1.82) is 0 Å². The van der Waals surface area contributed by atoms with E-state index in [-0.39, 0.29) is 6.15 Å². The molecule has 0 saturated carbocycles. The SMILES string of the molecule is Cc1ccc(-c2cccc(-c3ccccc3)c2-c2ccc(C)cc2)cc1.N. The molecule has 4 aromatic carbocycles. The van der Waals surface area contributed by atoms with Crippen LogP contribution in [0.3, 0.4) is 0 Å². The van der Waals surface area contributed by atoms with Gasteiger partial charge in [-0.1, -0.05) is 108 Å². The molecule has 1 heteroatoms. The zero-order chi connectivity index (χ0) is 17.9. The van der Waals surface area contributed by atoms with Crippen LogP contribution in [0.4, 0.5) is 0 Å². The largest absolute Gasteiger partial charge is 0.344 e. The topological polar surface area (TPSA) is 35.0 Å². The summed E-state index contributed by atoms with van der Waals surface area (Å²) in [7, 11) is 0. The van der Waals surface area contributed by atoms with E-state index < -0.39 is 0 Å². The van der Waals surface area contributed by atoms with E-state index in [2.05, 4.69) is 111 Å². The summed E-state index contributed by atoms with van der Waals surface area (Å²) in [4.78, 5) is 0. The average molecular weight is 351 g/mol. The quantitative estimate of drug-likeness (QED) is 0.408. The molecule has 4 aromatic rings. The van der Waals surface area contributed by atoms with Crippen LogP contribution in [0.25, 0.3) is 33.4 Å². The summed E-state index contributed by atoms with van der Waals surface area (Å²) in [5.41, 5.74) is 10.2. The lowest BCUT2D eigenvalue weighted by Crippen LogP contribution is -1.91. The first-order valence-corrected chi connectivity index (χ1v) is 9.05. The second kappa shape index (κ2) is 8.03. The van der Waals surface area contributed by atoms with Crippen molar-refractivity contribution in [1.82, 2.24) is 6.15 Å². The van der Waals surface area contributed by atoms with Crippen molar-refractivity contribution in [3.8, 4) is 33.4 Å². The maximum absolute atomic E-state index is 2.23. The molecule has 0 aliphatic rings. The van der Waals surface area contributed by atoms with Gasteiger partial charge < -0.3 is 6.15 Å². The Bertz CT molecular complexity index is 1010. The van der Waals surface area contributed by atoms with Crippen molar-refractivity contribution in [3.05, 3.63) is 108 Å². The van der Waals surface area contributed by atoms with E-state index in [4.69, 9.17) is 0 Å². The molecular formula is C26H25N. The molecule has 0 radical (unpaired) electrons. The van der Waals surface area contributed by atoms with Crippen LogP contribution in [-0.2, 0) is 0 Å². The third kappa shape index (κ3) is 3.84. The lowest BCUT2D eigenvalue weighted by molar-refractivity contribution is 1.45. The molecule has 3 N–H and O–H groups in total. The van der Waals surface area contributed by atoms with E-state index in [1.165, 1.54) is 44.5 Å². The van der Waals surface area contributed by atoms with Crippen LogP contribution >= 0.6 is 0 Å². The van der Waals surface area contributed by atoms with E-state index in [1.807, 2.05) is 0 Å². The highest BCUT2D eigenvalue weighted by atomic mass is 14.2. The third-order valence-corrected chi connectivity index (χ3v) is 4.85.